The van der Waals surface area contributed by atoms with Gasteiger partial charge in [0.15, 0.2) is 0 Å². The summed E-state index contributed by atoms with van der Waals surface area (Å²) in [5, 5.41) is 4.69. The second kappa shape index (κ2) is 4.86. The van der Waals surface area contributed by atoms with Gasteiger partial charge in [-0.05, 0) is 35.2 Å². The van der Waals surface area contributed by atoms with Crippen molar-refractivity contribution in [3.05, 3.63) is 64.8 Å². The molecule has 0 saturated carbocycles. The zero-order chi connectivity index (χ0) is 12.4. The number of benzene rings is 2. The molecule has 3 aromatic rings. The summed E-state index contributed by atoms with van der Waals surface area (Å²) in [5.41, 5.74) is 3.60. The molecule has 1 heterocycles. The molecule has 0 saturated heterocycles. The number of hydrogen-bond donors (Lipinski definition) is 2. The van der Waals surface area contributed by atoms with Gasteiger partial charge >= 0.3 is 0 Å². The number of hydrogen-bond acceptors (Lipinski definition) is 1. The zero-order valence-electron chi connectivity index (χ0n) is 9.78. The minimum atomic E-state index is 0.814. The highest BCUT2D eigenvalue weighted by Gasteiger charge is 2.01. The summed E-state index contributed by atoms with van der Waals surface area (Å²) in [5.74, 6) is 0. The van der Waals surface area contributed by atoms with E-state index in [1.807, 2.05) is 18.3 Å². The second-order valence-corrected chi connectivity index (χ2v) is 5.14. The minimum absolute atomic E-state index is 0.814. The second-order valence-electron chi connectivity index (χ2n) is 4.22. The SMILES string of the molecule is Brc1cccc(NCc2cccc3cc[nH]c23)c1. The Labute approximate surface area is 114 Å². The minimum Gasteiger partial charge on any atom is -0.381 e. The summed E-state index contributed by atoms with van der Waals surface area (Å²) in [6, 6.07) is 16.7. The molecular weight excluding hydrogens is 288 g/mol. The molecule has 0 aliphatic carbocycles. The maximum Gasteiger partial charge on any atom is 0.0504 e. The van der Waals surface area contributed by atoms with Gasteiger partial charge < -0.3 is 10.3 Å². The fourth-order valence-corrected chi connectivity index (χ4v) is 2.49. The summed E-state index contributed by atoms with van der Waals surface area (Å²) in [6.07, 6.45) is 1.98. The number of H-pyrrole nitrogens is 1. The third-order valence-electron chi connectivity index (χ3n) is 2.98. The lowest BCUT2D eigenvalue weighted by Gasteiger charge is -2.08. The lowest BCUT2D eigenvalue weighted by Crippen LogP contribution is -1.99. The topological polar surface area (TPSA) is 27.8 Å². The summed E-state index contributed by atoms with van der Waals surface area (Å²) < 4.78 is 1.09. The summed E-state index contributed by atoms with van der Waals surface area (Å²) >= 11 is 3.48. The average Bonchev–Trinajstić information content (AvgIpc) is 2.85. The van der Waals surface area contributed by atoms with Crippen LogP contribution in [-0.4, -0.2) is 4.98 Å². The van der Waals surface area contributed by atoms with E-state index >= 15 is 0 Å². The normalized spacial score (nSPS) is 10.7. The van der Waals surface area contributed by atoms with Crippen LogP contribution < -0.4 is 5.32 Å². The molecule has 0 unspecified atom stereocenters. The van der Waals surface area contributed by atoms with Crippen LogP contribution >= 0.6 is 15.9 Å². The molecule has 0 amide bonds. The van der Waals surface area contributed by atoms with Crippen molar-refractivity contribution in [1.82, 2.24) is 4.98 Å². The molecule has 90 valence electrons. The maximum atomic E-state index is 3.48. The van der Waals surface area contributed by atoms with Gasteiger partial charge in [-0.15, -0.1) is 0 Å². The Morgan fingerprint density at radius 2 is 1.94 bits per heavy atom. The fourth-order valence-electron chi connectivity index (χ4n) is 2.09. The van der Waals surface area contributed by atoms with Gasteiger partial charge in [0.05, 0.1) is 5.52 Å². The molecule has 18 heavy (non-hydrogen) atoms. The highest BCUT2D eigenvalue weighted by molar-refractivity contribution is 9.10. The Balaban J connectivity index is 1.83. The summed E-state index contributed by atoms with van der Waals surface area (Å²) in [6.45, 7) is 0.814. The highest BCUT2D eigenvalue weighted by atomic mass is 79.9. The quantitative estimate of drug-likeness (QED) is 0.730. The molecule has 0 spiro atoms. The molecule has 0 fully saturated rings. The van der Waals surface area contributed by atoms with Crippen molar-refractivity contribution in [2.75, 3.05) is 5.32 Å². The molecule has 0 aliphatic rings. The predicted molar refractivity (Wildman–Crippen MR) is 79.8 cm³/mol. The largest absolute Gasteiger partial charge is 0.381 e. The third-order valence-corrected chi connectivity index (χ3v) is 3.47. The van der Waals surface area contributed by atoms with Crippen LogP contribution in [-0.2, 0) is 6.54 Å². The van der Waals surface area contributed by atoms with Gasteiger partial charge in [-0.25, -0.2) is 0 Å². The Kier molecular flexibility index (Phi) is 3.07. The zero-order valence-corrected chi connectivity index (χ0v) is 11.4. The summed E-state index contributed by atoms with van der Waals surface area (Å²) in [4.78, 5) is 3.29. The molecule has 3 rings (SSSR count). The van der Waals surface area contributed by atoms with Crippen molar-refractivity contribution in [2.45, 2.75) is 6.54 Å². The standard InChI is InChI=1S/C15H13BrN2/c16-13-5-2-6-14(9-13)18-10-12-4-1-3-11-7-8-17-15(11)12/h1-9,17-18H,10H2. The van der Waals surface area contributed by atoms with Crippen LogP contribution in [0.3, 0.4) is 0 Å². The van der Waals surface area contributed by atoms with E-state index in [2.05, 4.69) is 62.6 Å². The van der Waals surface area contributed by atoms with Gasteiger partial charge in [-0.3, -0.25) is 0 Å². The van der Waals surface area contributed by atoms with Crippen molar-refractivity contribution >= 4 is 32.5 Å². The molecule has 1 aromatic heterocycles. The Morgan fingerprint density at radius 3 is 2.83 bits per heavy atom. The first kappa shape index (κ1) is 11.4. The van der Waals surface area contributed by atoms with Gasteiger partial charge in [0.25, 0.3) is 0 Å². The van der Waals surface area contributed by atoms with E-state index in [4.69, 9.17) is 0 Å². The third kappa shape index (κ3) is 2.27. The first-order valence-electron chi connectivity index (χ1n) is 5.87. The molecule has 2 aromatic carbocycles. The fraction of sp³-hybridized carbons (Fsp3) is 0.0667. The molecule has 2 N–H and O–H groups in total. The lowest BCUT2D eigenvalue weighted by atomic mass is 10.1. The molecule has 0 radical (unpaired) electrons. The van der Waals surface area contributed by atoms with Crippen LogP contribution in [0.5, 0.6) is 0 Å². The van der Waals surface area contributed by atoms with Crippen LogP contribution in [0, 0.1) is 0 Å². The highest BCUT2D eigenvalue weighted by Crippen LogP contribution is 2.20. The summed E-state index contributed by atoms with van der Waals surface area (Å²) in [7, 11) is 0. The molecule has 3 heteroatoms. The van der Waals surface area contributed by atoms with Crippen molar-refractivity contribution in [3.63, 3.8) is 0 Å². The van der Waals surface area contributed by atoms with E-state index < -0.39 is 0 Å². The molecular formula is C15H13BrN2. The first-order chi connectivity index (χ1) is 8.83. The van der Waals surface area contributed by atoms with Gasteiger partial charge in [0.2, 0.25) is 0 Å². The number of anilines is 1. The van der Waals surface area contributed by atoms with Crippen LogP contribution in [0.2, 0.25) is 0 Å². The van der Waals surface area contributed by atoms with Gasteiger partial charge in [0.1, 0.15) is 0 Å². The number of rotatable bonds is 3. The molecule has 0 aliphatic heterocycles. The van der Waals surface area contributed by atoms with Gasteiger partial charge in [0, 0.05) is 22.9 Å². The van der Waals surface area contributed by atoms with E-state index in [0.717, 1.165) is 16.7 Å². The van der Waals surface area contributed by atoms with Crippen LogP contribution in [0.1, 0.15) is 5.56 Å². The molecule has 0 atom stereocenters. The Hall–Kier alpha value is -1.74. The number of halogens is 1. The van der Waals surface area contributed by atoms with Crippen molar-refractivity contribution < 1.29 is 0 Å². The van der Waals surface area contributed by atoms with Crippen LogP contribution in [0.15, 0.2) is 59.2 Å². The van der Waals surface area contributed by atoms with Crippen molar-refractivity contribution in [2.24, 2.45) is 0 Å². The smallest absolute Gasteiger partial charge is 0.0504 e. The maximum absolute atomic E-state index is 3.48. The monoisotopic (exact) mass is 300 g/mol. The van der Waals surface area contributed by atoms with E-state index in [0.29, 0.717) is 0 Å². The lowest BCUT2D eigenvalue weighted by molar-refractivity contribution is 1.16. The van der Waals surface area contributed by atoms with Gasteiger partial charge in [-0.2, -0.15) is 0 Å². The number of nitrogens with one attached hydrogen (secondary N) is 2. The number of aromatic amines is 1. The molecule has 2 nitrogen and oxygen atoms in total. The number of aromatic nitrogens is 1. The first-order valence-corrected chi connectivity index (χ1v) is 6.67. The Bertz CT molecular complexity index is 673. The number of para-hydroxylation sites is 1. The predicted octanol–water partition coefficient (Wildman–Crippen LogP) is 4.54. The molecule has 0 bridgehead atoms. The van der Waals surface area contributed by atoms with Crippen LogP contribution in [0.25, 0.3) is 10.9 Å². The van der Waals surface area contributed by atoms with E-state index in [1.165, 1.54) is 16.5 Å². The Morgan fingerprint density at radius 1 is 1.06 bits per heavy atom. The van der Waals surface area contributed by atoms with E-state index in [9.17, 15) is 0 Å². The van der Waals surface area contributed by atoms with E-state index in [-0.39, 0.29) is 0 Å². The van der Waals surface area contributed by atoms with Crippen molar-refractivity contribution in [1.29, 1.82) is 0 Å². The van der Waals surface area contributed by atoms with Crippen molar-refractivity contribution in [3.8, 4) is 0 Å². The van der Waals surface area contributed by atoms with Crippen LogP contribution in [0.4, 0.5) is 5.69 Å². The van der Waals surface area contributed by atoms with E-state index in [1.54, 1.807) is 0 Å². The van der Waals surface area contributed by atoms with Gasteiger partial charge in [-0.1, -0.05) is 40.2 Å². The average molecular weight is 301 g/mol. The number of fused-ring (bicyclic) bond motifs is 1.